The molecule has 7 nitrogen and oxygen atoms in total. The lowest BCUT2D eigenvalue weighted by atomic mass is 10.0. The predicted molar refractivity (Wildman–Crippen MR) is 116 cm³/mol. The van der Waals surface area contributed by atoms with Crippen LogP contribution in [0.1, 0.15) is 44.7 Å². The van der Waals surface area contributed by atoms with E-state index < -0.39 is 0 Å². The van der Waals surface area contributed by atoms with Gasteiger partial charge in [-0.3, -0.25) is 0 Å². The summed E-state index contributed by atoms with van der Waals surface area (Å²) >= 11 is 0. The summed E-state index contributed by atoms with van der Waals surface area (Å²) in [4.78, 5) is 22.7. The van der Waals surface area contributed by atoms with E-state index in [9.17, 15) is 4.79 Å². The Bertz CT molecular complexity index is 796. The lowest BCUT2D eigenvalue weighted by Crippen LogP contribution is -2.42. The molecule has 2 aromatic rings. The van der Waals surface area contributed by atoms with Gasteiger partial charge in [-0.05, 0) is 49.8 Å². The van der Waals surface area contributed by atoms with Crippen molar-refractivity contribution in [1.29, 1.82) is 0 Å². The lowest BCUT2D eigenvalue weighted by Gasteiger charge is -2.31. The first-order valence-electron chi connectivity index (χ1n) is 10.5. The molecule has 0 spiro atoms. The van der Waals surface area contributed by atoms with E-state index in [1.165, 1.54) is 11.1 Å². The minimum absolute atomic E-state index is 0.221. The monoisotopic (exact) mass is 397 g/mol. The van der Waals surface area contributed by atoms with Gasteiger partial charge in [-0.25, -0.2) is 9.78 Å². The van der Waals surface area contributed by atoms with E-state index in [4.69, 9.17) is 4.74 Å². The van der Waals surface area contributed by atoms with E-state index in [1.807, 2.05) is 13.0 Å². The standard InChI is InChI=1S/C22H31N5O2/c1-4-16-8-7-9-17(5-2)20(16)26-21-23-13-10-19(25-21)24-18-11-14-27(15-12-18)22(28)29-6-3/h7-10,13,18H,4-6,11-12,14-15H2,1-3H3,(H2,23,24,25,26). The minimum Gasteiger partial charge on any atom is -0.450 e. The number of piperidine rings is 1. The van der Waals surface area contributed by atoms with Crippen molar-refractivity contribution in [2.24, 2.45) is 0 Å². The number of anilines is 3. The van der Waals surface area contributed by atoms with E-state index >= 15 is 0 Å². The van der Waals surface area contributed by atoms with Crippen LogP contribution >= 0.6 is 0 Å². The van der Waals surface area contributed by atoms with Crippen molar-refractivity contribution in [3.63, 3.8) is 0 Å². The number of hydrogen-bond donors (Lipinski definition) is 2. The van der Waals surface area contributed by atoms with Crippen LogP contribution in [0.3, 0.4) is 0 Å². The fourth-order valence-corrected chi connectivity index (χ4v) is 3.64. The first-order chi connectivity index (χ1) is 14.1. The number of benzene rings is 1. The summed E-state index contributed by atoms with van der Waals surface area (Å²) < 4.78 is 5.08. The molecule has 1 aliphatic heterocycles. The third-order valence-electron chi connectivity index (χ3n) is 5.26. The van der Waals surface area contributed by atoms with Crippen LogP contribution in [0, 0.1) is 0 Å². The van der Waals surface area contributed by atoms with Crippen LogP contribution in [-0.2, 0) is 17.6 Å². The summed E-state index contributed by atoms with van der Waals surface area (Å²) in [5.74, 6) is 1.39. The van der Waals surface area contributed by atoms with Crippen molar-refractivity contribution < 1.29 is 9.53 Å². The highest BCUT2D eigenvalue weighted by atomic mass is 16.6. The molecule has 1 aromatic heterocycles. The van der Waals surface area contributed by atoms with Crippen LogP contribution in [0.5, 0.6) is 0 Å². The van der Waals surface area contributed by atoms with Gasteiger partial charge in [-0.1, -0.05) is 32.0 Å². The zero-order valence-electron chi connectivity index (χ0n) is 17.6. The highest BCUT2D eigenvalue weighted by molar-refractivity contribution is 5.67. The topological polar surface area (TPSA) is 79.4 Å². The van der Waals surface area contributed by atoms with Crippen LogP contribution in [0.2, 0.25) is 0 Å². The normalized spacial score (nSPS) is 14.5. The third kappa shape index (κ3) is 5.37. The second-order valence-corrected chi connectivity index (χ2v) is 7.15. The number of nitrogens with zero attached hydrogens (tertiary/aromatic N) is 3. The number of amides is 1. The highest BCUT2D eigenvalue weighted by Crippen LogP contribution is 2.25. The van der Waals surface area contributed by atoms with E-state index in [-0.39, 0.29) is 12.1 Å². The van der Waals surface area contributed by atoms with Gasteiger partial charge < -0.3 is 20.3 Å². The molecule has 0 saturated carbocycles. The summed E-state index contributed by atoms with van der Waals surface area (Å²) in [6.07, 6.45) is 5.18. The third-order valence-corrected chi connectivity index (χ3v) is 5.26. The number of aromatic nitrogens is 2. The van der Waals surface area contributed by atoms with Crippen molar-refractivity contribution in [2.75, 3.05) is 30.3 Å². The number of ether oxygens (including phenoxy) is 1. The first kappa shape index (κ1) is 20.9. The van der Waals surface area contributed by atoms with Gasteiger partial charge in [0, 0.05) is 31.0 Å². The molecule has 3 rings (SSSR count). The Kier molecular flexibility index (Phi) is 7.27. The van der Waals surface area contributed by atoms with Crippen LogP contribution < -0.4 is 10.6 Å². The molecular formula is C22H31N5O2. The molecular weight excluding hydrogens is 366 g/mol. The van der Waals surface area contributed by atoms with E-state index in [0.29, 0.717) is 25.6 Å². The van der Waals surface area contributed by atoms with Gasteiger partial charge in [0.2, 0.25) is 5.95 Å². The number of nitrogens with one attached hydrogen (secondary N) is 2. The molecule has 29 heavy (non-hydrogen) atoms. The molecule has 1 aliphatic rings. The number of carbonyl (C=O) groups excluding carboxylic acids is 1. The maximum atomic E-state index is 11.8. The quantitative estimate of drug-likeness (QED) is 0.722. The number of likely N-dealkylation sites (tertiary alicyclic amines) is 1. The Hall–Kier alpha value is -2.83. The Labute approximate surface area is 172 Å². The number of aryl methyl sites for hydroxylation is 2. The van der Waals surface area contributed by atoms with Gasteiger partial charge in [-0.15, -0.1) is 0 Å². The van der Waals surface area contributed by atoms with E-state index in [0.717, 1.165) is 37.2 Å². The minimum atomic E-state index is -0.221. The van der Waals surface area contributed by atoms with Gasteiger partial charge in [-0.2, -0.15) is 4.98 Å². The predicted octanol–water partition coefficient (Wildman–Crippen LogP) is 4.38. The van der Waals surface area contributed by atoms with Crippen molar-refractivity contribution in [3.05, 3.63) is 41.6 Å². The average Bonchev–Trinajstić information content (AvgIpc) is 2.75. The van der Waals surface area contributed by atoms with Crippen LogP contribution in [-0.4, -0.2) is 46.7 Å². The summed E-state index contributed by atoms with van der Waals surface area (Å²) in [5.41, 5.74) is 3.63. The number of para-hydroxylation sites is 1. The number of carbonyl (C=O) groups is 1. The smallest absolute Gasteiger partial charge is 0.409 e. The van der Waals surface area contributed by atoms with Gasteiger partial charge >= 0.3 is 6.09 Å². The molecule has 1 aromatic carbocycles. The maximum absolute atomic E-state index is 11.8. The molecule has 2 N–H and O–H groups in total. The molecule has 0 unspecified atom stereocenters. The fourth-order valence-electron chi connectivity index (χ4n) is 3.64. The highest BCUT2D eigenvalue weighted by Gasteiger charge is 2.23. The van der Waals surface area contributed by atoms with Crippen molar-refractivity contribution >= 4 is 23.5 Å². The van der Waals surface area contributed by atoms with Crippen molar-refractivity contribution in [3.8, 4) is 0 Å². The molecule has 0 aliphatic carbocycles. The van der Waals surface area contributed by atoms with E-state index in [2.05, 4.69) is 52.6 Å². The molecule has 0 radical (unpaired) electrons. The summed E-state index contributed by atoms with van der Waals surface area (Å²) in [6, 6.07) is 8.54. The summed E-state index contributed by atoms with van der Waals surface area (Å²) in [5, 5.41) is 6.91. The Balaban J connectivity index is 1.63. The second-order valence-electron chi connectivity index (χ2n) is 7.15. The summed E-state index contributed by atoms with van der Waals surface area (Å²) in [7, 11) is 0. The molecule has 1 amide bonds. The number of rotatable bonds is 7. The first-order valence-corrected chi connectivity index (χ1v) is 10.5. The van der Waals surface area contributed by atoms with Gasteiger partial charge in [0.25, 0.3) is 0 Å². The van der Waals surface area contributed by atoms with Crippen molar-refractivity contribution in [1.82, 2.24) is 14.9 Å². The Morgan fingerprint density at radius 2 is 1.83 bits per heavy atom. The van der Waals surface area contributed by atoms with E-state index in [1.54, 1.807) is 11.1 Å². The largest absolute Gasteiger partial charge is 0.450 e. The zero-order chi connectivity index (χ0) is 20.6. The average molecular weight is 398 g/mol. The molecule has 156 valence electrons. The maximum Gasteiger partial charge on any atom is 0.409 e. The van der Waals surface area contributed by atoms with Gasteiger partial charge in [0.05, 0.1) is 6.61 Å². The zero-order valence-corrected chi connectivity index (χ0v) is 17.6. The fraction of sp³-hybridized carbons (Fsp3) is 0.500. The Morgan fingerprint density at radius 3 is 2.45 bits per heavy atom. The molecule has 0 bridgehead atoms. The molecule has 2 heterocycles. The van der Waals surface area contributed by atoms with Crippen LogP contribution in [0.4, 0.5) is 22.2 Å². The van der Waals surface area contributed by atoms with Gasteiger partial charge in [0.1, 0.15) is 5.82 Å². The second kappa shape index (κ2) is 10.1. The molecule has 7 heteroatoms. The summed E-state index contributed by atoms with van der Waals surface area (Å²) in [6.45, 7) is 7.93. The number of hydrogen-bond acceptors (Lipinski definition) is 6. The lowest BCUT2D eigenvalue weighted by molar-refractivity contribution is 0.0983. The molecule has 0 atom stereocenters. The molecule has 1 fully saturated rings. The van der Waals surface area contributed by atoms with Gasteiger partial charge in [0.15, 0.2) is 0 Å². The molecule has 1 saturated heterocycles. The van der Waals surface area contributed by atoms with Crippen LogP contribution in [0.15, 0.2) is 30.5 Å². The SMILES string of the molecule is CCOC(=O)N1CCC(Nc2ccnc(Nc3c(CC)cccc3CC)n2)CC1. The Morgan fingerprint density at radius 1 is 1.14 bits per heavy atom. The van der Waals surface area contributed by atoms with Crippen LogP contribution in [0.25, 0.3) is 0 Å². The van der Waals surface area contributed by atoms with Crippen molar-refractivity contribution in [2.45, 2.75) is 52.5 Å².